The van der Waals surface area contributed by atoms with Crippen molar-refractivity contribution in [3.63, 3.8) is 0 Å². The third kappa shape index (κ3) is 3.38. The highest BCUT2D eigenvalue weighted by molar-refractivity contribution is 5.60. The molecule has 0 aliphatic carbocycles. The average molecular weight is 243 g/mol. The first-order chi connectivity index (χ1) is 8.78. The normalized spacial score (nSPS) is 10.1. The van der Waals surface area contributed by atoms with Gasteiger partial charge < -0.3 is 15.8 Å². The Morgan fingerprint density at radius 2 is 2.00 bits per heavy atom. The van der Waals surface area contributed by atoms with E-state index in [1.54, 1.807) is 18.3 Å². The molecule has 0 saturated heterocycles. The SMILES string of the molecule is CCCOc1ccc(Nc2cc(N)ccn2)cc1. The number of rotatable bonds is 5. The summed E-state index contributed by atoms with van der Waals surface area (Å²) in [6, 6.07) is 11.3. The molecule has 1 heterocycles. The number of ether oxygens (including phenoxy) is 1. The zero-order chi connectivity index (χ0) is 12.8. The molecule has 3 N–H and O–H groups in total. The number of nitrogens with zero attached hydrogens (tertiary/aromatic N) is 1. The van der Waals surface area contributed by atoms with Crippen LogP contribution in [0, 0.1) is 0 Å². The molecule has 2 rings (SSSR count). The van der Waals surface area contributed by atoms with Crippen LogP contribution < -0.4 is 15.8 Å². The van der Waals surface area contributed by atoms with Crippen molar-refractivity contribution in [2.24, 2.45) is 0 Å². The second-order valence-corrected chi connectivity index (χ2v) is 3.97. The van der Waals surface area contributed by atoms with Gasteiger partial charge in [-0.3, -0.25) is 0 Å². The molecular weight excluding hydrogens is 226 g/mol. The number of hydrogen-bond donors (Lipinski definition) is 2. The number of hydrogen-bond acceptors (Lipinski definition) is 4. The molecule has 1 aromatic heterocycles. The Morgan fingerprint density at radius 1 is 1.22 bits per heavy atom. The van der Waals surface area contributed by atoms with Gasteiger partial charge >= 0.3 is 0 Å². The summed E-state index contributed by atoms with van der Waals surface area (Å²) in [6.45, 7) is 2.82. The van der Waals surface area contributed by atoms with Gasteiger partial charge in [0.2, 0.25) is 0 Å². The summed E-state index contributed by atoms with van der Waals surface area (Å²) in [5.41, 5.74) is 7.34. The molecule has 0 fully saturated rings. The monoisotopic (exact) mass is 243 g/mol. The second-order valence-electron chi connectivity index (χ2n) is 3.97. The maximum Gasteiger partial charge on any atom is 0.132 e. The first kappa shape index (κ1) is 12.2. The largest absolute Gasteiger partial charge is 0.494 e. The lowest BCUT2D eigenvalue weighted by Crippen LogP contribution is -1.96. The van der Waals surface area contributed by atoms with Crippen molar-refractivity contribution < 1.29 is 4.74 Å². The van der Waals surface area contributed by atoms with Crippen molar-refractivity contribution in [1.29, 1.82) is 0 Å². The summed E-state index contributed by atoms with van der Waals surface area (Å²) in [4.78, 5) is 4.18. The number of nitrogen functional groups attached to an aromatic ring is 1. The minimum absolute atomic E-state index is 0.690. The first-order valence-corrected chi connectivity index (χ1v) is 5.99. The van der Waals surface area contributed by atoms with Crippen LogP contribution in [-0.4, -0.2) is 11.6 Å². The molecule has 94 valence electrons. The van der Waals surface area contributed by atoms with Gasteiger partial charge in [-0.05, 0) is 36.8 Å². The molecule has 0 atom stereocenters. The number of pyridine rings is 1. The van der Waals surface area contributed by atoms with Crippen LogP contribution in [0.4, 0.5) is 17.2 Å². The highest BCUT2D eigenvalue weighted by atomic mass is 16.5. The van der Waals surface area contributed by atoms with E-state index in [4.69, 9.17) is 10.5 Å². The van der Waals surface area contributed by atoms with E-state index in [9.17, 15) is 0 Å². The quantitative estimate of drug-likeness (QED) is 0.846. The van der Waals surface area contributed by atoms with Crippen molar-refractivity contribution >= 4 is 17.2 Å². The zero-order valence-electron chi connectivity index (χ0n) is 10.4. The van der Waals surface area contributed by atoms with E-state index >= 15 is 0 Å². The lowest BCUT2D eigenvalue weighted by atomic mass is 10.3. The molecule has 0 amide bonds. The van der Waals surface area contributed by atoms with Gasteiger partial charge in [-0.1, -0.05) is 6.92 Å². The van der Waals surface area contributed by atoms with E-state index in [2.05, 4.69) is 17.2 Å². The fourth-order valence-corrected chi connectivity index (χ4v) is 1.52. The predicted molar refractivity (Wildman–Crippen MR) is 74.2 cm³/mol. The number of nitrogens with two attached hydrogens (primary N) is 1. The molecular formula is C14H17N3O. The van der Waals surface area contributed by atoms with Crippen molar-refractivity contribution in [3.05, 3.63) is 42.6 Å². The molecule has 4 nitrogen and oxygen atoms in total. The van der Waals surface area contributed by atoms with Crippen LogP contribution >= 0.6 is 0 Å². The van der Waals surface area contributed by atoms with Crippen LogP contribution in [-0.2, 0) is 0 Å². The lowest BCUT2D eigenvalue weighted by molar-refractivity contribution is 0.317. The average Bonchev–Trinajstić information content (AvgIpc) is 2.38. The van der Waals surface area contributed by atoms with Crippen LogP contribution in [0.2, 0.25) is 0 Å². The van der Waals surface area contributed by atoms with E-state index in [0.29, 0.717) is 5.69 Å². The zero-order valence-corrected chi connectivity index (χ0v) is 10.4. The van der Waals surface area contributed by atoms with Crippen molar-refractivity contribution in [2.75, 3.05) is 17.7 Å². The summed E-state index contributed by atoms with van der Waals surface area (Å²) in [5.74, 6) is 1.61. The van der Waals surface area contributed by atoms with Crippen LogP contribution in [0.15, 0.2) is 42.6 Å². The second kappa shape index (κ2) is 5.91. The molecule has 2 aromatic rings. The van der Waals surface area contributed by atoms with Gasteiger partial charge in [0.1, 0.15) is 11.6 Å². The van der Waals surface area contributed by atoms with Gasteiger partial charge in [-0.25, -0.2) is 4.98 Å². The number of anilines is 3. The first-order valence-electron chi connectivity index (χ1n) is 5.99. The van der Waals surface area contributed by atoms with E-state index in [-0.39, 0.29) is 0 Å². The third-order valence-corrected chi connectivity index (χ3v) is 2.38. The number of aromatic nitrogens is 1. The van der Waals surface area contributed by atoms with Gasteiger partial charge in [0.25, 0.3) is 0 Å². The van der Waals surface area contributed by atoms with Gasteiger partial charge in [0.15, 0.2) is 0 Å². The minimum atomic E-state index is 0.690. The molecule has 18 heavy (non-hydrogen) atoms. The summed E-state index contributed by atoms with van der Waals surface area (Å²) in [6.07, 6.45) is 2.68. The topological polar surface area (TPSA) is 60.2 Å². The van der Waals surface area contributed by atoms with Gasteiger partial charge in [-0.15, -0.1) is 0 Å². The van der Waals surface area contributed by atoms with E-state index in [1.807, 2.05) is 24.3 Å². The lowest BCUT2D eigenvalue weighted by Gasteiger charge is -2.08. The Hall–Kier alpha value is -2.23. The van der Waals surface area contributed by atoms with Crippen molar-refractivity contribution in [2.45, 2.75) is 13.3 Å². The molecule has 0 saturated carbocycles. The Kier molecular flexibility index (Phi) is 4.02. The van der Waals surface area contributed by atoms with Crippen LogP contribution in [0.3, 0.4) is 0 Å². The molecule has 0 bridgehead atoms. The summed E-state index contributed by atoms with van der Waals surface area (Å²) in [7, 11) is 0. The molecule has 0 spiro atoms. The number of benzene rings is 1. The summed E-state index contributed by atoms with van der Waals surface area (Å²) in [5, 5.41) is 3.18. The molecule has 0 aliphatic heterocycles. The highest BCUT2D eigenvalue weighted by Gasteiger charge is 1.97. The molecule has 4 heteroatoms. The van der Waals surface area contributed by atoms with E-state index in [0.717, 1.165) is 30.3 Å². The van der Waals surface area contributed by atoms with Crippen molar-refractivity contribution in [3.8, 4) is 5.75 Å². The van der Waals surface area contributed by atoms with Crippen LogP contribution in [0.1, 0.15) is 13.3 Å². The Morgan fingerprint density at radius 3 is 2.67 bits per heavy atom. The fourth-order valence-electron chi connectivity index (χ4n) is 1.52. The van der Waals surface area contributed by atoms with Crippen LogP contribution in [0.25, 0.3) is 0 Å². The van der Waals surface area contributed by atoms with E-state index in [1.165, 1.54) is 0 Å². The minimum Gasteiger partial charge on any atom is -0.494 e. The van der Waals surface area contributed by atoms with Gasteiger partial charge in [0, 0.05) is 23.6 Å². The molecule has 0 aliphatic rings. The Bertz CT molecular complexity index is 497. The van der Waals surface area contributed by atoms with Gasteiger partial charge in [0.05, 0.1) is 6.61 Å². The maximum absolute atomic E-state index is 5.69. The van der Waals surface area contributed by atoms with Crippen LogP contribution in [0.5, 0.6) is 5.75 Å². The number of nitrogens with one attached hydrogen (secondary N) is 1. The van der Waals surface area contributed by atoms with Gasteiger partial charge in [-0.2, -0.15) is 0 Å². The van der Waals surface area contributed by atoms with Crippen molar-refractivity contribution in [1.82, 2.24) is 4.98 Å². The molecule has 0 radical (unpaired) electrons. The fraction of sp³-hybridized carbons (Fsp3) is 0.214. The highest BCUT2D eigenvalue weighted by Crippen LogP contribution is 2.19. The smallest absolute Gasteiger partial charge is 0.132 e. The standard InChI is InChI=1S/C14H17N3O/c1-2-9-18-13-5-3-12(4-6-13)17-14-10-11(15)7-8-16-14/h3-8,10H,2,9H2,1H3,(H3,15,16,17). The van der Waals surface area contributed by atoms with E-state index < -0.39 is 0 Å². The predicted octanol–water partition coefficient (Wildman–Crippen LogP) is 3.20. The summed E-state index contributed by atoms with van der Waals surface area (Å²) < 4.78 is 5.52. The molecule has 0 unspecified atom stereocenters. The summed E-state index contributed by atoms with van der Waals surface area (Å²) >= 11 is 0. The Balaban J connectivity index is 2.02. The third-order valence-electron chi connectivity index (χ3n) is 2.38. The Labute approximate surface area is 107 Å². The maximum atomic E-state index is 5.69. The molecule has 1 aromatic carbocycles.